The predicted molar refractivity (Wildman–Crippen MR) is 128 cm³/mol. The van der Waals surface area contributed by atoms with Crippen molar-refractivity contribution in [3.63, 3.8) is 0 Å². The van der Waals surface area contributed by atoms with Crippen LogP contribution in [0.1, 0.15) is 11.1 Å². The number of thiocarbonyl (C=S) groups is 1. The summed E-state index contributed by atoms with van der Waals surface area (Å²) in [6.07, 6.45) is 5.04. The Labute approximate surface area is 185 Å². The molecule has 2 aliphatic rings. The maximum Gasteiger partial charge on any atom is 0.266 e. The van der Waals surface area contributed by atoms with E-state index in [-0.39, 0.29) is 5.91 Å². The zero-order valence-electron chi connectivity index (χ0n) is 16.0. The van der Waals surface area contributed by atoms with E-state index in [1.807, 2.05) is 48.2 Å². The highest BCUT2D eigenvalue weighted by Gasteiger charge is 2.31. The Kier molecular flexibility index (Phi) is 6.74. The molecular formula is C23H22N2OS3. The monoisotopic (exact) mass is 438 g/mol. The van der Waals surface area contributed by atoms with Gasteiger partial charge in [0.25, 0.3) is 5.91 Å². The van der Waals surface area contributed by atoms with Crippen molar-refractivity contribution in [3.8, 4) is 0 Å². The molecule has 3 nitrogen and oxygen atoms in total. The Balaban J connectivity index is 1.41. The van der Waals surface area contributed by atoms with Gasteiger partial charge in [0.05, 0.1) is 16.5 Å². The first-order valence-electron chi connectivity index (χ1n) is 9.62. The molecule has 6 heteroatoms. The zero-order valence-corrected chi connectivity index (χ0v) is 18.4. The molecule has 2 aromatic carbocycles. The van der Waals surface area contributed by atoms with Crippen molar-refractivity contribution in [1.82, 2.24) is 9.80 Å². The van der Waals surface area contributed by atoms with E-state index in [2.05, 4.69) is 41.3 Å². The minimum absolute atomic E-state index is 0.000430. The fourth-order valence-electron chi connectivity index (χ4n) is 3.31. The molecule has 0 aliphatic carbocycles. The minimum atomic E-state index is -0.000430. The molecule has 2 heterocycles. The molecule has 0 spiro atoms. The first kappa shape index (κ1) is 20.3. The molecule has 0 saturated carbocycles. The highest BCUT2D eigenvalue weighted by atomic mass is 32.2. The van der Waals surface area contributed by atoms with Gasteiger partial charge in [-0.3, -0.25) is 9.69 Å². The highest BCUT2D eigenvalue weighted by Crippen LogP contribution is 2.34. The number of allylic oxidation sites excluding steroid dienone is 2. The molecule has 2 aromatic rings. The Hall–Kier alpha value is -2.02. The van der Waals surface area contributed by atoms with Gasteiger partial charge in [0.2, 0.25) is 0 Å². The van der Waals surface area contributed by atoms with E-state index in [1.165, 1.54) is 22.4 Å². The lowest BCUT2D eigenvalue weighted by Crippen LogP contribution is -2.27. The zero-order chi connectivity index (χ0) is 20.1. The van der Waals surface area contributed by atoms with Crippen molar-refractivity contribution in [2.75, 3.05) is 18.8 Å². The van der Waals surface area contributed by atoms with Crippen LogP contribution < -0.4 is 0 Å². The molecule has 2 saturated heterocycles. The lowest BCUT2D eigenvalue weighted by Gasteiger charge is -2.18. The van der Waals surface area contributed by atoms with E-state index < -0.39 is 0 Å². The number of rotatable bonds is 6. The topological polar surface area (TPSA) is 23.6 Å². The average molecular weight is 439 g/mol. The van der Waals surface area contributed by atoms with Gasteiger partial charge in [-0.05, 0) is 29.7 Å². The van der Waals surface area contributed by atoms with Crippen molar-refractivity contribution >= 4 is 46.0 Å². The SMILES string of the molecule is O=C1/C(=C\C=C2/SCCN2CCc2ccccc2)SC(=S)N1Cc1ccccc1. The third-order valence-corrected chi connectivity index (χ3v) is 7.34. The average Bonchev–Trinajstić information content (AvgIpc) is 3.31. The Bertz CT molecular complexity index is 941. The maximum absolute atomic E-state index is 12.8. The van der Waals surface area contributed by atoms with Gasteiger partial charge in [0.15, 0.2) is 0 Å². The summed E-state index contributed by atoms with van der Waals surface area (Å²) in [6, 6.07) is 20.5. The molecule has 4 rings (SSSR count). The van der Waals surface area contributed by atoms with Crippen molar-refractivity contribution < 1.29 is 4.79 Å². The summed E-state index contributed by atoms with van der Waals surface area (Å²) in [5.74, 6) is 1.09. The standard InChI is InChI=1S/C23H22N2OS3/c26-22-20(29-23(27)25(22)17-19-9-5-2-6-10-19)11-12-21-24(15-16-28-21)14-13-18-7-3-1-4-8-18/h1-12H,13-17H2/b20-11+,21-12-. The van der Waals surface area contributed by atoms with E-state index in [4.69, 9.17) is 12.2 Å². The number of nitrogens with zero attached hydrogens (tertiary/aromatic N) is 2. The number of carbonyl (C=O) groups excluding carboxylic acids is 1. The van der Waals surface area contributed by atoms with Crippen molar-refractivity contribution in [3.05, 3.63) is 93.9 Å². The van der Waals surface area contributed by atoms with Gasteiger partial charge in [-0.25, -0.2) is 0 Å². The van der Waals surface area contributed by atoms with Crippen LogP contribution in [-0.4, -0.2) is 38.9 Å². The molecule has 0 N–H and O–H groups in total. The van der Waals surface area contributed by atoms with E-state index in [9.17, 15) is 4.79 Å². The quantitative estimate of drug-likeness (QED) is 0.463. The van der Waals surface area contributed by atoms with Crippen molar-refractivity contribution in [1.29, 1.82) is 0 Å². The summed E-state index contributed by atoms with van der Waals surface area (Å²) in [5.41, 5.74) is 2.44. The lowest BCUT2D eigenvalue weighted by atomic mass is 10.1. The second kappa shape index (κ2) is 9.65. The third-order valence-electron chi connectivity index (χ3n) is 4.87. The van der Waals surface area contributed by atoms with Crippen LogP contribution in [0.15, 0.2) is 82.7 Å². The van der Waals surface area contributed by atoms with Crippen molar-refractivity contribution in [2.45, 2.75) is 13.0 Å². The lowest BCUT2D eigenvalue weighted by molar-refractivity contribution is -0.122. The first-order valence-corrected chi connectivity index (χ1v) is 11.8. The number of hydrogen-bond donors (Lipinski definition) is 0. The second-order valence-corrected chi connectivity index (χ2v) is 9.64. The van der Waals surface area contributed by atoms with Gasteiger partial charge in [0, 0.05) is 18.8 Å². The van der Waals surface area contributed by atoms with Gasteiger partial charge in [0.1, 0.15) is 4.32 Å². The minimum Gasteiger partial charge on any atom is -0.365 e. The van der Waals surface area contributed by atoms with Gasteiger partial charge < -0.3 is 4.90 Å². The summed E-state index contributed by atoms with van der Waals surface area (Å²) in [7, 11) is 0. The smallest absolute Gasteiger partial charge is 0.266 e. The van der Waals surface area contributed by atoms with Gasteiger partial charge in [-0.1, -0.05) is 84.6 Å². The molecule has 0 atom stereocenters. The summed E-state index contributed by atoms with van der Waals surface area (Å²) < 4.78 is 0.628. The van der Waals surface area contributed by atoms with Gasteiger partial charge >= 0.3 is 0 Å². The van der Waals surface area contributed by atoms with Crippen LogP contribution in [-0.2, 0) is 17.8 Å². The van der Waals surface area contributed by atoms with E-state index in [1.54, 1.807) is 4.90 Å². The normalized spacial score (nSPS) is 19.7. The largest absolute Gasteiger partial charge is 0.365 e. The van der Waals surface area contributed by atoms with E-state index >= 15 is 0 Å². The number of amides is 1. The molecule has 0 unspecified atom stereocenters. The fourth-order valence-corrected chi connectivity index (χ4v) is 5.56. The Morgan fingerprint density at radius 2 is 1.66 bits per heavy atom. The second-order valence-electron chi connectivity index (χ2n) is 6.85. The van der Waals surface area contributed by atoms with Crippen LogP contribution in [0.2, 0.25) is 0 Å². The number of thioether (sulfide) groups is 2. The van der Waals surface area contributed by atoms with E-state index in [0.29, 0.717) is 15.8 Å². The number of hydrogen-bond acceptors (Lipinski definition) is 5. The van der Waals surface area contributed by atoms with E-state index in [0.717, 1.165) is 30.8 Å². The van der Waals surface area contributed by atoms with Crippen LogP contribution in [0.5, 0.6) is 0 Å². The van der Waals surface area contributed by atoms with Crippen LogP contribution in [0.4, 0.5) is 0 Å². The molecule has 2 aliphatic heterocycles. The van der Waals surface area contributed by atoms with Crippen LogP contribution in [0.3, 0.4) is 0 Å². The number of carbonyl (C=O) groups is 1. The molecule has 2 fully saturated rings. The number of benzene rings is 2. The summed E-state index contributed by atoms with van der Waals surface area (Å²) in [5, 5.41) is 1.23. The van der Waals surface area contributed by atoms with Crippen molar-refractivity contribution in [2.24, 2.45) is 0 Å². The molecule has 1 amide bonds. The molecule has 148 valence electrons. The fraction of sp³-hybridized carbons (Fsp3) is 0.217. The molecule has 0 bridgehead atoms. The highest BCUT2D eigenvalue weighted by molar-refractivity contribution is 8.26. The third kappa shape index (κ3) is 5.13. The van der Waals surface area contributed by atoms with Gasteiger partial charge in [-0.15, -0.1) is 11.8 Å². The van der Waals surface area contributed by atoms with Crippen LogP contribution >= 0.6 is 35.7 Å². The van der Waals surface area contributed by atoms with Gasteiger partial charge in [-0.2, -0.15) is 0 Å². The first-order chi connectivity index (χ1) is 14.2. The molecular weight excluding hydrogens is 416 g/mol. The van der Waals surface area contributed by atoms with Crippen LogP contribution in [0, 0.1) is 0 Å². The summed E-state index contributed by atoms with van der Waals surface area (Å²) in [4.78, 5) is 17.6. The van der Waals surface area contributed by atoms with Crippen LogP contribution in [0.25, 0.3) is 0 Å². The Morgan fingerprint density at radius 1 is 0.966 bits per heavy atom. The summed E-state index contributed by atoms with van der Waals surface area (Å²) >= 11 is 8.69. The Morgan fingerprint density at radius 3 is 2.38 bits per heavy atom. The molecule has 0 aromatic heterocycles. The molecule has 29 heavy (non-hydrogen) atoms. The maximum atomic E-state index is 12.8. The molecule has 0 radical (unpaired) electrons. The summed E-state index contributed by atoms with van der Waals surface area (Å²) in [6.45, 7) is 2.56. The predicted octanol–water partition coefficient (Wildman–Crippen LogP) is 5.06.